The van der Waals surface area contributed by atoms with E-state index in [2.05, 4.69) is 4.90 Å². The molecule has 3 aromatic rings. The van der Waals surface area contributed by atoms with Gasteiger partial charge >= 0.3 is 0 Å². The van der Waals surface area contributed by atoms with E-state index in [0.29, 0.717) is 35.1 Å². The van der Waals surface area contributed by atoms with E-state index in [4.69, 9.17) is 21.1 Å². The highest BCUT2D eigenvalue weighted by Gasteiger charge is 2.72. The minimum atomic E-state index is -1.62. The van der Waals surface area contributed by atoms with Crippen molar-refractivity contribution in [2.75, 3.05) is 26.2 Å². The molecular weight excluding hydrogens is 450 g/mol. The van der Waals surface area contributed by atoms with Crippen LogP contribution in [0.1, 0.15) is 35.4 Å². The minimum Gasteiger partial charge on any atom is -0.492 e. The van der Waals surface area contributed by atoms with Crippen LogP contribution >= 0.6 is 11.6 Å². The molecule has 0 radical (unpaired) electrons. The van der Waals surface area contributed by atoms with Crippen molar-refractivity contribution in [3.05, 3.63) is 94.5 Å². The van der Waals surface area contributed by atoms with E-state index >= 15 is 0 Å². The third-order valence-corrected chi connectivity index (χ3v) is 7.98. The number of aliphatic hydroxyl groups excluding tert-OH is 1. The van der Waals surface area contributed by atoms with E-state index in [0.717, 1.165) is 30.8 Å². The van der Waals surface area contributed by atoms with Crippen LogP contribution in [0.2, 0.25) is 5.02 Å². The summed E-state index contributed by atoms with van der Waals surface area (Å²) in [7, 11) is 0. The maximum atomic E-state index is 12.3. The first-order chi connectivity index (χ1) is 16.5. The van der Waals surface area contributed by atoms with Gasteiger partial charge < -0.3 is 19.7 Å². The first-order valence-electron chi connectivity index (χ1n) is 11.9. The highest BCUT2D eigenvalue weighted by atomic mass is 35.5. The third-order valence-electron chi connectivity index (χ3n) is 7.73. The highest BCUT2D eigenvalue weighted by Crippen LogP contribution is 2.66. The predicted molar refractivity (Wildman–Crippen MR) is 130 cm³/mol. The van der Waals surface area contributed by atoms with Crippen molar-refractivity contribution in [1.82, 2.24) is 4.90 Å². The van der Waals surface area contributed by atoms with Gasteiger partial charge in [0.2, 0.25) is 0 Å². The molecule has 0 bridgehead atoms. The molecular formula is C28H28ClNO4. The number of halogens is 1. The third kappa shape index (κ3) is 3.18. The normalized spacial score (nSPS) is 29.7. The van der Waals surface area contributed by atoms with Gasteiger partial charge in [0.25, 0.3) is 0 Å². The summed E-state index contributed by atoms with van der Waals surface area (Å²) in [5.41, 5.74) is -0.444. The molecule has 0 unspecified atom stereocenters. The smallest absolute Gasteiger partial charge is 0.176 e. The average molecular weight is 478 g/mol. The van der Waals surface area contributed by atoms with Crippen LogP contribution in [0, 0.1) is 0 Å². The van der Waals surface area contributed by atoms with Gasteiger partial charge in [0.05, 0.1) is 6.10 Å². The molecule has 2 N–H and O–H groups in total. The number of benzene rings is 3. The zero-order valence-corrected chi connectivity index (χ0v) is 19.6. The van der Waals surface area contributed by atoms with Crippen LogP contribution in [0.25, 0.3) is 0 Å². The fraction of sp³-hybridized carbons (Fsp3) is 0.357. The van der Waals surface area contributed by atoms with Gasteiger partial charge in [-0.3, -0.25) is 4.90 Å². The van der Waals surface area contributed by atoms with Gasteiger partial charge in [0.1, 0.15) is 18.1 Å². The van der Waals surface area contributed by atoms with Crippen LogP contribution in [0.4, 0.5) is 0 Å². The molecule has 1 aliphatic carbocycles. The summed E-state index contributed by atoms with van der Waals surface area (Å²) >= 11 is 6.20. The second kappa shape index (κ2) is 8.28. The molecule has 2 aliphatic heterocycles. The number of fused-ring (bicyclic) bond motifs is 3. The Morgan fingerprint density at radius 1 is 1.03 bits per heavy atom. The topological polar surface area (TPSA) is 62.2 Å². The number of hydrogen-bond acceptors (Lipinski definition) is 5. The van der Waals surface area contributed by atoms with E-state index in [9.17, 15) is 10.2 Å². The second-order valence-electron chi connectivity index (χ2n) is 9.53. The zero-order valence-electron chi connectivity index (χ0n) is 18.9. The zero-order chi connectivity index (χ0) is 23.3. The molecule has 3 aromatic carbocycles. The van der Waals surface area contributed by atoms with Gasteiger partial charge in [0.15, 0.2) is 11.2 Å². The van der Waals surface area contributed by atoms with E-state index in [1.54, 1.807) is 12.1 Å². The number of ether oxygens (including phenoxy) is 2. The number of hydrogen-bond donors (Lipinski definition) is 2. The molecule has 0 spiro atoms. The fourth-order valence-corrected chi connectivity index (χ4v) is 6.02. The molecule has 176 valence electrons. The summed E-state index contributed by atoms with van der Waals surface area (Å²) < 4.78 is 12.7. The average Bonchev–Trinajstić information content (AvgIpc) is 3.21. The predicted octanol–water partition coefficient (Wildman–Crippen LogP) is 4.45. The number of likely N-dealkylation sites (tertiary alicyclic amines) is 1. The van der Waals surface area contributed by atoms with Crippen LogP contribution in [0.3, 0.4) is 0 Å². The Kier molecular flexibility index (Phi) is 5.34. The van der Waals surface area contributed by atoms with E-state index in [1.165, 1.54) is 6.42 Å². The van der Waals surface area contributed by atoms with Crippen molar-refractivity contribution in [2.45, 2.75) is 36.1 Å². The van der Waals surface area contributed by atoms with Crippen LogP contribution in [-0.4, -0.2) is 47.5 Å². The molecule has 1 saturated heterocycles. The van der Waals surface area contributed by atoms with E-state index in [-0.39, 0.29) is 5.92 Å². The lowest BCUT2D eigenvalue weighted by Crippen LogP contribution is -2.51. The van der Waals surface area contributed by atoms with Crippen molar-refractivity contribution in [3.8, 4) is 11.5 Å². The lowest BCUT2D eigenvalue weighted by molar-refractivity contribution is -0.149. The van der Waals surface area contributed by atoms with Crippen LogP contribution in [0.5, 0.6) is 11.5 Å². The lowest BCUT2D eigenvalue weighted by atomic mass is 9.71. The van der Waals surface area contributed by atoms with Crippen molar-refractivity contribution < 1.29 is 19.7 Å². The van der Waals surface area contributed by atoms with Crippen LogP contribution < -0.4 is 9.47 Å². The van der Waals surface area contributed by atoms with Gasteiger partial charge in [-0.05, 0) is 61.3 Å². The molecule has 34 heavy (non-hydrogen) atoms. The minimum absolute atomic E-state index is 0.266. The Hall–Kier alpha value is -2.57. The van der Waals surface area contributed by atoms with Crippen molar-refractivity contribution in [2.24, 2.45) is 0 Å². The molecule has 1 saturated carbocycles. The van der Waals surface area contributed by atoms with Crippen LogP contribution in [-0.2, 0) is 11.2 Å². The summed E-state index contributed by atoms with van der Waals surface area (Å²) in [5, 5.41) is 24.2. The van der Waals surface area contributed by atoms with Crippen molar-refractivity contribution >= 4 is 11.6 Å². The quantitative estimate of drug-likeness (QED) is 0.549. The van der Waals surface area contributed by atoms with Gasteiger partial charge in [-0.25, -0.2) is 0 Å². The summed E-state index contributed by atoms with van der Waals surface area (Å²) in [4.78, 5) is 2.35. The largest absolute Gasteiger partial charge is 0.492 e. The Bertz CT molecular complexity index is 1180. The Morgan fingerprint density at radius 3 is 2.50 bits per heavy atom. The maximum Gasteiger partial charge on any atom is 0.176 e. The van der Waals surface area contributed by atoms with Gasteiger partial charge in [-0.1, -0.05) is 54.1 Å². The Morgan fingerprint density at radius 2 is 1.79 bits per heavy atom. The number of rotatable bonds is 6. The molecule has 4 atom stereocenters. The molecule has 3 aliphatic rings. The monoisotopic (exact) mass is 477 g/mol. The summed E-state index contributed by atoms with van der Waals surface area (Å²) in [6.07, 6.45) is 0.618. The summed E-state index contributed by atoms with van der Waals surface area (Å²) in [6.45, 7) is 3.75. The van der Waals surface area contributed by atoms with Gasteiger partial charge in [-0.2, -0.15) is 0 Å². The SMILES string of the molecule is O[C@H]1C[C@H](c2ccccc2)[C@@]2(c3ccc(Cl)cc3)Oc3cc(OCCN4CCC4)ccc3[C@@]12O. The Balaban J connectivity index is 1.42. The maximum absolute atomic E-state index is 12.3. The molecule has 2 fully saturated rings. The van der Waals surface area contributed by atoms with Gasteiger partial charge in [-0.15, -0.1) is 0 Å². The highest BCUT2D eigenvalue weighted by molar-refractivity contribution is 6.30. The van der Waals surface area contributed by atoms with E-state index in [1.807, 2.05) is 60.7 Å². The number of aliphatic hydroxyl groups is 2. The standard InChI is InChI=1S/C28H28ClNO4/c29-21-9-7-20(8-10-21)28-24(19-5-2-1-3-6-19)18-26(31)27(28,32)23-12-11-22(17-25(23)34-28)33-16-15-30-13-4-14-30/h1-3,5-12,17,24,26,31-32H,4,13-16,18H2/t24-,26+,27-,28-/m1/s1. The molecule has 5 nitrogen and oxygen atoms in total. The lowest BCUT2D eigenvalue weighted by Gasteiger charge is -2.40. The van der Waals surface area contributed by atoms with Gasteiger partial charge in [0, 0.05) is 29.1 Å². The molecule has 6 heteroatoms. The summed E-state index contributed by atoms with van der Waals surface area (Å²) in [5.74, 6) is 0.969. The molecule has 0 amide bonds. The second-order valence-corrected chi connectivity index (χ2v) is 9.96. The van der Waals surface area contributed by atoms with Crippen LogP contribution in [0.15, 0.2) is 72.8 Å². The van der Waals surface area contributed by atoms with Crippen molar-refractivity contribution in [3.63, 3.8) is 0 Å². The molecule has 2 heterocycles. The molecule has 0 aromatic heterocycles. The summed E-state index contributed by atoms with van der Waals surface area (Å²) in [6, 6.07) is 22.9. The molecule has 6 rings (SSSR count). The number of nitrogens with zero attached hydrogens (tertiary/aromatic N) is 1. The van der Waals surface area contributed by atoms with E-state index < -0.39 is 17.3 Å². The van der Waals surface area contributed by atoms with Crippen molar-refractivity contribution in [1.29, 1.82) is 0 Å². The first kappa shape index (κ1) is 21.9. The first-order valence-corrected chi connectivity index (χ1v) is 12.3. The Labute approximate surface area is 204 Å². The fourth-order valence-electron chi connectivity index (χ4n) is 5.90.